The molecule has 0 unspecified atom stereocenters. The maximum Gasteiger partial charge on any atom is 0.314 e. The predicted molar refractivity (Wildman–Crippen MR) is 98.0 cm³/mol. The zero-order chi connectivity index (χ0) is 18.8. The van der Waals surface area contributed by atoms with Gasteiger partial charge in [-0.25, -0.2) is 4.39 Å². The van der Waals surface area contributed by atoms with E-state index in [1.165, 1.54) is 18.6 Å². The Morgan fingerprint density at radius 1 is 1.07 bits per heavy atom. The molecular formula is C22H19FO4. The molecule has 1 aliphatic heterocycles. The van der Waals surface area contributed by atoms with Crippen molar-refractivity contribution in [1.82, 2.24) is 0 Å². The first-order valence-corrected chi connectivity index (χ1v) is 9.16. The second-order valence-corrected chi connectivity index (χ2v) is 6.91. The van der Waals surface area contributed by atoms with E-state index in [1.807, 2.05) is 0 Å². The number of carbonyl (C=O) groups is 2. The van der Waals surface area contributed by atoms with Crippen LogP contribution < -0.4 is 9.47 Å². The van der Waals surface area contributed by atoms with Gasteiger partial charge < -0.3 is 9.47 Å². The predicted octanol–water partition coefficient (Wildman–Crippen LogP) is 4.93. The maximum absolute atomic E-state index is 13.0. The smallest absolute Gasteiger partial charge is 0.314 e. The van der Waals surface area contributed by atoms with E-state index in [1.54, 1.807) is 36.4 Å². The molecule has 27 heavy (non-hydrogen) atoms. The molecule has 0 N–H and O–H groups in total. The average molecular weight is 366 g/mol. The number of ether oxygens (including phenoxy) is 2. The molecule has 0 amide bonds. The standard InChI is InChI=1S/C22H19FO4/c23-16-8-6-14(7-9-16)12-20-21(24)18-11-10-17(13-19(18)27-20)26-22(25)15-4-2-1-3-5-15/h6-13,15H,1-5H2/b20-12-. The molecule has 0 spiro atoms. The van der Waals surface area contributed by atoms with Crippen LogP contribution in [-0.2, 0) is 4.79 Å². The second kappa shape index (κ2) is 7.35. The van der Waals surface area contributed by atoms with Crippen LogP contribution in [0.3, 0.4) is 0 Å². The molecule has 1 aliphatic carbocycles. The summed E-state index contributed by atoms with van der Waals surface area (Å²) in [6.45, 7) is 0. The van der Waals surface area contributed by atoms with Gasteiger partial charge >= 0.3 is 5.97 Å². The third-order valence-corrected chi connectivity index (χ3v) is 4.97. The molecule has 4 nitrogen and oxygen atoms in total. The molecule has 2 aliphatic rings. The van der Waals surface area contributed by atoms with E-state index < -0.39 is 0 Å². The van der Waals surface area contributed by atoms with Gasteiger partial charge in [0.25, 0.3) is 0 Å². The summed E-state index contributed by atoms with van der Waals surface area (Å²) in [5.74, 6) is 0.0300. The van der Waals surface area contributed by atoms with Gasteiger partial charge in [-0.15, -0.1) is 0 Å². The zero-order valence-corrected chi connectivity index (χ0v) is 14.7. The fourth-order valence-electron chi connectivity index (χ4n) is 3.48. The molecule has 0 radical (unpaired) electrons. The molecule has 138 valence electrons. The average Bonchev–Trinajstić information content (AvgIpc) is 2.99. The largest absolute Gasteiger partial charge is 0.452 e. The van der Waals surface area contributed by atoms with Crippen molar-refractivity contribution in [2.24, 2.45) is 5.92 Å². The van der Waals surface area contributed by atoms with Gasteiger partial charge in [0.15, 0.2) is 5.76 Å². The number of rotatable bonds is 3. The van der Waals surface area contributed by atoms with Gasteiger partial charge in [-0.05, 0) is 48.7 Å². The number of carbonyl (C=O) groups excluding carboxylic acids is 2. The summed E-state index contributed by atoms with van der Waals surface area (Å²) in [5.41, 5.74) is 1.08. The van der Waals surface area contributed by atoms with Crippen LogP contribution in [-0.4, -0.2) is 11.8 Å². The monoisotopic (exact) mass is 366 g/mol. The van der Waals surface area contributed by atoms with Gasteiger partial charge in [0.1, 0.15) is 17.3 Å². The van der Waals surface area contributed by atoms with E-state index in [9.17, 15) is 14.0 Å². The summed E-state index contributed by atoms with van der Waals surface area (Å²) in [6.07, 6.45) is 6.57. The van der Waals surface area contributed by atoms with Crippen molar-refractivity contribution in [3.8, 4) is 11.5 Å². The fourth-order valence-corrected chi connectivity index (χ4v) is 3.48. The van der Waals surface area contributed by atoms with Crippen LogP contribution in [0.4, 0.5) is 4.39 Å². The number of fused-ring (bicyclic) bond motifs is 1. The van der Waals surface area contributed by atoms with Crippen LogP contribution in [0, 0.1) is 11.7 Å². The van der Waals surface area contributed by atoms with Gasteiger partial charge in [0, 0.05) is 6.07 Å². The normalized spacial score (nSPS) is 18.3. The van der Waals surface area contributed by atoms with Gasteiger partial charge in [0.05, 0.1) is 11.5 Å². The van der Waals surface area contributed by atoms with Gasteiger partial charge in [-0.3, -0.25) is 9.59 Å². The topological polar surface area (TPSA) is 52.6 Å². The lowest BCUT2D eigenvalue weighted by Gasteiger charge is -2.19. The number of allylic oxidation sites excluding steroid dienone is 1. The second-order valence-electron chi connectivity index (χ2n) is 6.91. The first-order valence-electron chi connectivity index (χ1n) is 9.16. The molecule has 0 saturated heterocycles. The number of ketones is 1. The minimum absolute atomic E-state index is 0.0523. The van der Waals surface area contributed by atoms with E-state index in [4.69, 9.17) is 9.47 Å². The Hall–Kier alpha value is -2.95. The van der Waals surface area contributed by atoms with Crippen molar-refractivity contribution >= 4 is 17.8 Å². The van der Waals surface area contributed by atoms with Gasteiger partial charge in [-0.2, -0.15) is 0 Å². The van der Waals surface area contributed by atoms with E-state index in [2.05, 4.69) is 0 Å². The highest BCUT2D eigenvalue weighted by Gasteiger charge is 2.29. The first kappa shape index (κ1) is 17.5. The van der Waals surface area contributed by atoms with Crippen LogP contribution in [0.2, 0.25) is 0 Å². The number of benzene rings is 2. The van der Waals surface area contributed by atoms with Crippen molar-refractivity contribution in [3.05, 3.63) is 65.2 Å². The Balaban J connectivity index is 1.50. The molecular weight excluding hydrogens is 347 g/mol. The number of Topliss-reactive ketones (excluding diaryl/α,β-unsaturated/α-hetero) is 1. The summed E-state index contributed by atoms with van der Waals surface area (Å²) in [6, 6.07) is 10.6. The molecule has 5 heteroatoms. The Morgan fingerprint density at radius 2 is 1.81 bits per heavy atom. The van der Waals surface area contributed by atoms with Crippen LogP contribution >= 0.6 is 0 Å². The molecule has 0 atom stereocenters. The number of hydrogen-bond donors (Lipinski definition) is 0. The lowest BCUT2D eigenvalue weighted by atomic mass is 9.89. The van der Waals surface area contributed by atoms with Gasteiger partial charge in [-0.1, -0.05) is 31.4 Å². The van der Waals surface area contributed by atoms with E-state index in [-0.39, 0.29) is 29.2 Å². The van der Waals surface area contributed by atoms with E-state index >= 15 is 0 Å². The molecule has 0 aromatic heterocycles. The van der Waals surface area contributed by atoms with Crippen molar-refractivity contribution in [2.45, 2.75) is 32.1 Å². The summed E-state index contributed by atoms with van der Waals surface area (Å²) < 4.78 is 24.2. The van der Waals surface area contributed by atoms with Crippen LogP contribution in [0.5, 0.6) is 11.5 Å². The molecule has 2 aromatic rings. The lowest BCUT2D eigenvalue weighted by molar-refractivity contribution is -0.139. The van der Waals surface area contributed by atoms with E-state index in [0.717, 1.165) is 25.7 Å². The molecule has 2 aromatic carbocycles. The molecule has 1 fully saturated rings. The highest BCUT2D eigenvalue weighted by Crippen LogP contribution is 2.35. The molecule has 1 heterocycles. The van der Waals surface area contributed by atoms with Crippen LogP contribution in [0.25, 0.3) is 6.08 Å². The maximum atomic E-state index is 13.0. The van der Waals surface area contributed by atoms with Crippen LogP contribution in [0.15, 0.2) is 48.2 Å². The number of esters is 1. The third kappa shape index (κ3) is 3.77. The first-order chi connectivity index (χ1) is 13.1. The van der Waals surface area contributed by atoms with Crippen molar-refractivity contribution < 1.29 is 23.5 Å². The lowest BCUT2D eigenvalue weighted by Crippen LogP contribution is -2.22. The number of hydrogen-bond acceptors (Lipinski definition) is 4. The number of halogens is 1. The molecule has 4 rings (SSSR count). The molecule has 1 saturated carbocycles. The summed E-state index contributed by atoms with van der Waals surface area (Å²) in [5, 5.41) is 0. The quantitative estimate of drug-likeness (QED) is 0.439. The Labute approximate surface area is 156 Å². The minimum atomic E-state index is -0.344. The fraction of sp³-hybridized carbons (Fsp3) is 0.273. The van der Waals surface area contributed by atoms with Crippen molar-refractivity contribution in [2.75, 3.05) is 0 Å². The Bertz CT molecular complexity index is 908. The van der Waals surface area contributed by atoms with E-state index in [0.29, 0.717) is 22.6 Å². The SMILES string of the molecule is O=C1/C(=C/c2ccc(F)cc2)Oc2cc(OC(=O)C3CCCCC3)ccc21. The van der Waals surface area contributed by atoms with Crippen molar-refractivity contribution in [3.63, 3.8) is 0 Å². The third-order valence-electron chi connectivity index (χ3n) is 4.97. The summed E-state index contributed by atoms with van der Waals surface area (Å²) >= 11 is 0. The highest BCUT2D eigenvalue weighted by atomic mass is 19.1. The summed E-state index contributed by atoms with van der Waals surface area (Å²) in [7, 11) is 0. The van der Waals surface area contributed by atoms with Gasteiger partial charge in [0.2, 0.25) is 5.78 Å². The molecule has 0 bridgehead atoms. The Kier molecular flexibility index (Phi) is 4.75. The summed E-state index contributed by atoms with van der Waals surface area (Å²) in [4.78, 5) is 24.8. The van der Waals surface area contributed by atoms with Crippen molar-refractivity contribution in [1.29, 1.82) is 0 Å². The zero-order valence-electron chi connectivity index (χ0n) is 14.7. The van der Waals surface area contributed by atoms with Crippen LogP contribution in [0.1, 0.15) is 48.0 Å². The Morgan fingerprint density at radius 3 is 2.56 bits per heavy atom. The minimum Gasteiger partial charge on any atom is -0.452 e. The highest BCUT2D eigenvalue weighted by molar-refractivity contribution is 6.14.